The monoisotopic (exact) mass is 487 g/mol. The highest BCUT2D eigenvalue weighted by molar-refractivity contribution is 7.95. The lowest BCUT2D eigenvalue weighted by molar-refractivity contribution is 0.102. The van der Waals surface area contributed by atoms with E-state index >= 15 is 0 Å². The summed E-state index contributed by atoms with van der Waals surface area (Å²) >= 11 is 0. The average Bonchev–Trinajstić information content (AvgIpc) is 2.81. The van der Waals surface area contributed by atoms with Crippen LogP contribution in [0.2, 0.25) is 0 Å². The number of nitrogens with one attached hydrogen (secondary N) is 1. The van der Waals surface area contributed by atoms with Crippen molar-refractivity contribution in [3.05, 3.63) is 52.7 Å². The normalized spacial score (nSPS) is 28.1. The smallest absolute Gasteiger partial charge is 0.275 e. The van der Waals surface area contributed by atoms with Gasteiger partial charge < -0.3 is 11.1 Å². The van der Waals surface area contributed by atoms with Gasteiger partial charge in [0.25, 0.3) is 5.91 Å². The first kappa shape index (κ1) is 23.7. The zero-order valence-corrected chi connectivity index (χ0v) is 19.5. The number of nitrogens with two attached hydrogens (primary N) is 1. The highest BCUT2D eigenvalue weighted by Gasteiger charge is 2.54. The molecule has 4 rings (SSSR count). The largest absolute Gasteiger partial charge is 0.386 e. The van der Waals surface area contributed by atoms with Gasteiger partial charge in [-0.15, -0.1) is 0 Å². The van der Waals surface area contributed by atoms with Crippen LogP contribution < -0.4 is 11.1 Å². The van der Waals surface area contributed by atoms with Crippen molar-refractivity contribution in [3.63, 3.8) is 0 Å². The quantitative estimate of drug-likeness (QED) is 0.678. The van der Waals surface area contributed by atoms with E-state index in [0.717, 1.165) is 6.07 Å². The minimum absolute atomic E-state index is 0.0436. The number of carbonyl (C=O) groups excluding carboxylic acids is 1. The van der Waals surface area contributed by atoms with Gasteiger partial charge in [0, 0.05) is 12.7 Å². The van der Waals surface area contributed by atoms with Crippen molar-refractivity contribution in [3.8, 4) is 6.07 Å². The third-order valence-corrected chi connectivity index (χ3v) is 9.59. The Morgan fingerprint density at radius 2 is 2.18 bits per heavy atom. The molecule has 2 aliphatic heterocycles. The highest BCUT2D eigenvalue weighted by atomic mass is 32.2. The molecular formula is C22H23F2N7O2S. The van der Waals surface area contributed by atoms with Gasteiger partial charge in [-0.25, -0.2) is 27.3 Å². The Hall–Kier alpha value is -3.46. The van der Waals surface area contributed by atoms with E-state index in [1.807, 2.05) is 6.07 Å². The molecule has 3 N–H and O–H groups in total. The van der Waals surface area contributed by atoms with Gasteiger partial charge in [-0.2, -0.15) is 5.26 Å². The minimum atomic E-state index is -3.06. The van der Waals surface area contributed by atoms with Crippen LogP contribution in [0.4, 0.5) is 14.6 Å². The molecule has 0 saturated heterocycles. The number of nitrogens with zero attached hydrogens (tertiary/aromatic N) is 5. The zero-order chi connectivity index (χ0) is 24.7. The molecule has 2 aliphatic rings. The van der Waals surface area contributed by atoms with E-state index in [1.165, 1.54) is 18.3 Å². The number of aromatic nitrogens is 2. The Kier molecular flexibility index (Phi) is 5.85. The van der Waals surface area contributed by atoms with Gasteiger partial charge in [0.05, 0.1) is 21.0 Å². The predicted octanol–water partition coefficient (Wildman–Crippen LogP) is 2.60. The Morgan fingerprint density at radius 3 is 2.85 bits per heavy atom. The van der Waals surface area contributed by atoms with Crippen LogP contribution in [0.15, 0.2) is 33.8 Å². The van der Waals surface area contributed by atoms with Crippen LogP contribution in [0.1, 0.15) is 47.1 Å². The first-order valence-electron chi connectivity index (χ1n) is 10.5. The molecule has 0 aliphatic carbocycles. The second-order valence-electron chi connectivity index (χ2n) is 8.62. The van der Waals surface area contributed by atoms with E-state index in [-0.39, 0.29) is 23.1 Å². The number of hydrogen-bond acceptors (Lipinski definition) is 8. The molecule has 2 aromatic rings. The first-order chi connectivity index (χ1) is 16.1. The third kappa shape index (κ3) is 3.69. The summed E-state index contributed by atoms with van der Waals surface area (Å²) in [4.78, 5) is 25.1. The van der Waals surface area contributed by atoms with Crippen LogP contribution in [-0.2, 0) is 15.3 Å². The van der Waals surface area contributed by atoms with Gasteiger partial charge in [-0.05, 0) is 50.5 Å². The fourth-order valence-corrected chi connectivity index (χ4v) is 7.15. The van der Waals surface area contributed by atoms with Gasteiger partial charge in [0.1, 0.15) is 51.9 Å². The molecule has 0 unspecified atom stereocenters. The summed E-state index contributed by atoms with van der Waals surface area (Å²) in [5.41, 5.74) is 4.63. The van der Waals surface area contributed by atoms with Crippen LogP contribution >= 0.6 is 0 Å². The maximum absolute atomic E-state index is 14.9. The Balaban J connectivity index is 1.74. The lowest BCUT2D eigenvalue weighted by Crippen LogP contribution is -2.59. The second-order valence-corrected chi connectivity index (χ2v) is 11.3. The van der Waals surface area contributed by atoms with E-state index in [4.69, 9.17) is 11.0 Å². The summed E-state index contributed by atoms with van der Waals surface area (Å²) in [5.74, 6) is -2.00. The lowest BCUT2D eigenvalue weighted by Gasteiger charge is -2.44. The van der Waals surface area contributed by atoms with Crippen molar-refractivity contribution in [2.45, 2.75) is 37.0 Å². The number of anilines is 1. The van der Waals surface area contributed by atoms with Crippen LogP contribution in [0.25, 0.3) is 0 Å². The molecule has 0 aromatic carbocycles. The summed E-state index contributed by atoms with van der Waals surface area (Å²) in [6.07, 6.45) is 2.41. The molecule has 0 bridgehead atoms. The van der Waals surface area contributed by atoms with Crippen molar-refractivity contribution < 1.29 is 17.8 Å². The fourth-order valence-electron chi connectivity index (χ4n) is 4.27. The fraction of sp³-hybridized carbons (Fsp3) is 0.409. The number of aliphatic imine (C=N–C) groups is 1. The number of rotatable bonds is 4. The third-order valence-electron chi connectivity index (χ3n) is 6.30. The van der Waals surface area contributed by atoms with Gasteiger partial charge in [0.2, 0.25) is 0 Å². The topological polar surface area (TPSA) is 146 Å². The Labute approximate surface area is 195 Å². The maximum atomic E-state index is 14.9. The molecule has 4 heterocycles. The number of amides is 1. The summed E-state index contributed by atoms with van der Waals surface area (Å²) in [7, 11) is -3.06. The van der Waals surface area contributed by atoms with Crippen molar-refractivity contribution >= 4 is 27.3 Å². The molecule has 2 aromatic heterocycles. The Bertz CT molecular complexity index is 1380. The van der Waals surface area contributed by atoms with Crippen LogP contribution in [-0.4, -0.2) is 49.6 Å². The lowest BCUT2D eigenvalue weighted by atomic mass is 9.95. The zero-order valence-electron chi connectivity index (χ0n) is 18.6. The summed E-state index contributed by atoms with van der Waals surface area (Å²) in [6.45, 7) is 2.44. The van der Waals surface area contributed by atoms with Crippen molar-refractivity contribution in [2.75, 3.05) is 24.3 Å². The molecular weight excluding hydrogens is 464 g/mol. The number of fused-ring (bicyclic) bond motifs is 1. The van der Waals surface area contributed by atoms with Crippen molar-refractivity contribution in [2.24, 2.45) is 15.1 Å². The molecule has 1 amide bonds. The van der Waals surface area contributed by atoms with E-state index in [0.29, 0.717) is 30.5 Å². The number of amidine groups is 1. The number of nitriles is 1. The van der Waals surface area contributed by atoms with E-state index in [9.17, 15) is 17.8 Å². The second kappa shape index (κ2) is 8.39. The number of hydrogen-bond donors (Lipinski definition) is 2. The van der Waals surface area contributed by atoms with E-state index < -0.39 is 44.1 Å². The first-order valence-corrected chi connectivity index (χ1v) is 12.2. The van der Waals surface area contributed by atoms with E-state index in [2.05, 4.69) is 24.6 Å². The van der Waals surface area contributed by atoms with Gasteiger partial charge in [-0.1, -0.05) is 0 Å². The van der Waals surface area contributed by atoms with Crippen molar-refractivity contribution in [1.29, 1.82) is 5.26 Å². The van der Waals surface area contributed by atoms with Crippen LogP contribution in [0.5, 0.6) is 0 Å². The van der Waals surface area contributed by atoms with Gasteiger partial charge in [-0.3, -0.25) is 9.79 Å². The average molecular weight is 488 g/mol. The standard InChI is InChI=1S/C22H23F2N7O2S/c1-13-8-14(9-25)10-27-17(13)19(32)30-16-5-4-15(24)18(29-16)22(11-23)12-34(33)21(2,20(26)31-22)6-3-7-28-34/h4-5,8,10H,3,6-7,11-12H2,1-2H3,(H2,26,31)(H,29,30,32)/t21-,22-,34+/m0/s1. The molecule has 34 heavy (non-hydrogen) atoms. The molecule has 9 nitrogen and oxygen atoms in total. The SMILES string of the molecule is Cc1cc(C#N)cnc1C(=O)Nc1ccc(F)c([C@]2(CF)C[S@]3(=O)=NCCC[C@@]3(C)C(N)=N2)n1. The van der Waals surface area contributed by atoms with Gasteiger partial charge in [0.15, 0.2) is 0 Å². The number of alkyl halides is 1. The summed E-state index contributed by atoms with van der Waals surface area (Å²) in [6, 6.07) is 5.68. The predicted molar refractivity (Wildman–Crippen MR) is 123 cm³/mol. The Morgan fingerprint density at radius 1 is 1.41 bits per heavy atom. The number of carbonyl (C=O) groups is 1. The molecule has 3 atom stereocenters. The van der Waals surface area contributed by atoms with Crippen molar-refractivity contribution in [1.82, 2.24) is 9.97 Å². The molecule has 12 heteroatoms. The van der Waals surface area contributed by atoms with E-state index in [1.54, 1.807) is 13.8 Å². The molecule has 178 valence electrons. The molecule has 0 spiro atoms. The molecule has 0 radical (unpaired) electrons. The summed E-state index contributed by atoms with van der Waals surface area (Å²) in [5, 5.41) is 11.5. The number of aryl methyl sites for hydroxylation is 1. The highest BCUT2D eigenvalue weighted by Crippen LogP contribution is 2.42. The molecule has 0 fully saturated rings. The van der Waals surface area contributed by atoms with Crippen LogP contribution in [0, 0.1) is 24.1 Å². The number of pyridine rings is 2. The maximum Gasteiger partial charge on any atom is 0.275 e. The summed E-state index contributed by atoms with van der Waals surface area (Å²) < 4.78 is 46.5. The number of halogens is 2. The van der Waals surface area contributed by atoms with Gasteiger partial charge >= 0.3 is 0 Å². The minimum Gasteiger partial charge on any atom is -0.386 e. The molecule has 0 saturated carbocycles. The van der Waals surface area contributed by atoms with Crippen LogP contribution in [0.3, 0.4) is 0 Å².